The van der Waals surface area contributed by atoms with E-state index in [0.29, 0.717) is 12.1 Å². The molecule has 0 saturated heterocycles. The van der Waals surface area contributed by atoms with Gasteiger partial charge in [0.05, 0.1) is 18.2 Å². The van der Waals surface area contributed by atoms with Crippen molar-refractivity contribution in [1.29, 1.82) is 0 Å². The molecule has 1 unspecified atom stereocenters. The molecule has 1 aromatic rings. The van der Waals surface area contributed by atoms with Crippen molar-refractivity contribution in [3.8, 4) is 0 Å². The van der Waals surface area contributed by atoms with Gasteiger partial charge in [-0.05, 0) is 30.8 Å². The highest BCUT2D eigenvalue weighted by Gasteiger charge is 2.38. The molecule has 0 aromatic heterocycles. The number of methoxy groups -OCH3 is 1. The summed E-state index contributed by atoms with van der Waals surface area (Å²) in [5, 5.41) is 2.32. The molecule has 21 heavy (non-hydrogen) atoms. The number of ether oxygens (including phenoxy) is 1. The minimum absolute atomic E-state index is 0.00645. The number of esters is 1. The van der Waals surface area contributed by atoms with Gasteiger partial charge in [-0.25, -0.2) is 4.79 Å². The second-order valence-electron chi connectivity index (χ2n) is 4.08. The molecule has 0 aliphatic carbocycles. The van der Waals surface area contributed by atoms with E-state index >= 15 is 0 Å². The van der Waals surface area contributed by atoms with E-state index < -0.39 is 41.1 Å². The van der Waals surface area contributed by atoms with E-state index in [4.69, 9.17) is 0 Å². The van der Waals surface area contributed by atoms with E-state index in [-0.39, 0.29) is 6.07 Å². The average molecular weight is 315 g/mol. The Kier molecular flexibility index (Phi) is 4.87. The molecule has 1 atom stereocenters. The van der Waals surface area contributed by atoms with E-state index in [1.165, 1.54) is 7.05 Å². The first-order chi connectivity index (χ1) is 9.50. The van der Waals surface area contributed by atoms with Crippen molar-refractivity contribution in [2.75, 3.05) is 14.2 Å². The lowest BCUT2D eigenvalue weighted by atomic mass is 9.99. The monoisotopic (exact) mass is 315 g/mol. The molecule has 0 heterocycles. The molecular formula is C12H11F6NO2. The zero-order valence-corrected chi connectivity index (χ0v) is 10.9. The number of carbonyl (C=O) groups excluding carboxylic acids is 1. The molecule has 0 fully saturated rings. The van der Waals surface area contributed by atoms with Crippen molar-refractivity contribution in [1.82, 2.24) is 5.32 Å². The second kappa shape index (κ2) is 5.92. The van der Waals surface area contributed by atoms with Crippen LogP contribution in [0.4, 0.5) is 26.3 Å². The van der Waals surface area contributed by atoms with E-state index in [9.17, 15) is 31.1 Å². The first-order valence-corrected chi connectivity index (χ1v) is 5.55. The summed E-state index contributed by atoms with van der Waals surface area (Å²) in [6, 6.07) is -0.480. The Bertz CT molecular complexity index is 491. The van der Waals surface area contributed by atoms with Crippen LogP contribution >= 0.6 is 0 Å². The highest BCUT2D eigenvalue weighted by atomic mass is 19.4. The van der Waals surface area contributed by atoms with Gasteiger partial charge in [0.15, 0.2) is 0 Å². The van der Waals surface area contributed by atoms with Crippen LogP contribution in [0, 0.1) is 0 Å². The number of alkyl halides is 6. The Labute approximate surface area is 115 Å². The normalized spacial score (nSPS) is 13.9. The zero-order valence-electron chi connectivity index (χ0n) is 10.9. The fraction of sp³-hybridized carbons (Fsp3) is 0.417. The standard InChI is InChI=1S/C12H11F6NO2/c1-19-9(10(20)21-2)6-3-7(11(13,14)15)5-8(4-6)12(16,17)18/h3-5,9,19H,1-2H3. The first-order valence-electron chi connectivity index (χ1n) is 5.55. The van der Waals surface area contributed by atoms with Crippen LogP contribution in [0.15, 0.2) is 18.2 Å². The maximum atomic E-state index is 12.7. The minimum Gasteiger partial charge on any atom is -0.468 e. The van der Waals surface area contributed by atoms with Gasteiger partial charge in [-0.2, -0.15) is 26.3 Å². The molecule has 0 spiro atoms. The van der Waals surface area contributed by atoms with Crippen LogP contribution in [-0.4, -0.2) is 20.1 Å². The van der Waals surface area contributed by atoms with Crippen LogP contribution in [0.25, 0.3) is 0 Å². The van der Waals surface area contributed by atoms with Gasteiger partial charge in [-0.15, -0.1) is 0 Å². The number of benzene rings is 1. The van der Waals surface area contributed by atoms with Gasteiger partial charge in [-0.3, -0.25) is 0 Å². The summed E-state index contributed by atoms with van der Waals surface area (Å²) in [7, 11) is 2.19. The Balaban J connectivity index is 3.48. The third-order valence-corrected chi connectivity index (χ3v) is 2.67. The highest BCUT2D eigenvalue weighted by molar-refractivity contribution is 5.77. The smallest absolute Gasteiger partial charge is 0.416 e. The number of hydrogen-bond acceptors (Lipinski definition) is 3. The quantitative estimate of drug-likeness (QED) is 0.688. The van der Waals surface area contributed by atoms with Gasteiger partial charge in [0.1, 0.15) is 6.04 Å². The van der Waals surface area contributed by atoms with Crippen molar-refractivity contribution < 1.29 is 35.9 Å². The topological polar surface area (TPSA) is 38.3 Å². The van der Waals surface area contributed by atoms with Gasteiger partial charge < -0.3 is 10.1 Å². The summed E-state index contributed by atoms with van der Waals surface area (Å²) in [6.07, 6.45) is -9.94. The number of nitrogens with one attached hydrogen (secondary N) is 1. The summed E-state index contributed by atoms with van der Waals surface area (Å²) in [5.41, 5.74) is -3.46. The number of rotatable bonds is 3. The lowest BCUT2D eigenvalue weighted by molar-refractivity contribution is -0.145. The van der Waals surface area contributed by atoms with Crippen molar-refractivity contribution >= 4 is 5.97 Å². The Hall–Kier alpha value is -1.77. The van der Waals surface area contributed by atoms with Crippen molar-refractivity contribution in [2.24, 2.45) is 0 Å². The Morgan fingerprint density at radius 2 is 1.48 bits per heavy atom. The second-order valence-corrected chi connectivity index (χ2v) is 4.08. The molecule has 1 aromatic carbocycles. The third-order valence-electron chi connectivity index (χ3n) is 2.67. The summed E-state index contributed by atoms with van der Waals surface area (Å²) < 4.78 is 80.4. The number of hydrogen-bond donors (Lipinski definition) is 1. The van der Waals surface area contributed by atoms with Crippen molar-refractivity contribution in [2.45, 2.75) is 18.4 Å². The van der Waals surface area contributed by atoms with Crippen LogP contribution in [0.5, 0.6) is 0 Å². The van der Waals surface area contributed by atoms with Crippen LogP contribution in [0.2, 0.25) is 0 Å². The molecule has 9 heteroatoms. The highest BCUT2D eigenvalue weighted by Crippen LogP contribution is 2.37. The summed E-state index contributed by atoms with van der Waals surface area (Å²) in [4.78, 5) is 11.4. The molecule has 0 aliphatic heterocycles. The lowest BCUT2D eigenvalue weighted by Crippen LogP contribution is -2.27. The molecule has 1 N–H and O–H groups in total. The van der Waals surface area contributed by atoms with Crippen LogP contribution < -0.4 is 5.32 Å². The fourth-order valence-corrected chi connectivity index (χ4v) is 1.68. The van der Waals surface area contributed by atoms with Gasteiger partial charge in [0.25, 0.3) is 0 Å². The molecule has 1 rings (SSSR count). The summed E-state index contributed by atoms with van der Waals surface area (Å²) in [6.45, 7) is 0. The molecule has 0 radical (unpaired) electrons. The van der Waals surface area contributed by atoms with Crippen molar-refractivity contribution in [3.05, 3.63) is 34.9 Å². The van der Waals surface area contributed by atoms with E-state index in [1.54, 1.807) is 0 Å². The predicted molar refractivity (Wildman–Crippen MR) is 60.3 cm³/mol. The van der Waals surface area contributed by atoms with Crippen molar-refractivity contribution in [3.63, 3.8) is 0 Å². The van der Waals surface area contributed by atoms with E-state index in [2.05, 4.69) is 10.1 Å². The Morgan fingerprint density at radius 1 is 1.05 bits per heavy atom. The third kappa shape index (κ3) is 4.10. The van der Waals surface area contributed by atoms with Gasteiger partial charge in [-0.1, -0.05) is 0 Å². The molecule has 0 bridgehead atoms. The van der Waals surface area contributed by atoms with Crippen LogP contribution in [0.3, 0.4) is 0 Å². The van der Waals surface area contributed by atoms with Crippen LogP contribution in [0.1, 0.15) is 22.7 Å². The predicted octanol–water partition coefficient (Wildman–Crippen LogP) is 3.16. The fourth-order valence-electron chi connectivity index (χ4n) is 1.68. The molecular weight excluding hydrogens is 304 g/mol. The van der Waals surface area contributed by atoms with Gasteiger partial charge in [0, 0.05) is 0 Å². The maximum Gasteiger partial charge on any atom is 0.416 e. The molecule has 118 valence electrons. The average Bonchev–Trinajstić information content (AvgIpc) is 2.37. The summed E-state index contributed by atoms with van der Waals surface area (Å²) >= 11 is 0. The summed E-state index contributed by atoms with van der Waals surface area (Å²) in [5.74, 6) is -0.995. The minimum atomic E-state index is -4.97. The van der Waals surface area contributed by atoms with Crippen LogP contribution in [-0.2, 0) is 21.9 Å². The molecule has 3 nitrogen and oxygen atoms in total. The largest absolute Gasteiger partial charge is 0.468 e. The Morgan fingerprint density at radius 3 is 1.76 bits per heavy atom. The molecule has 0 saturated carbocycles. The molecule has 0 amide bonds. The maximum absolute atomic E-state index is 12.7. The number of halogens is 6. The van der Waals surface area contributed by atoms with E-state index in [0.717, 1.165) is 7.11 Å². The lowest BCUT2D eigenvalue weighted by Gasteiger charge is -2.18. The molecule has 0 aliphatic rings. The van der Waals surface area contributed by atoms with Gasteiger partial charge >= 0.3 is 18.3 Å². The number of likely N-dealkylation sites (N-methyl/N-ethyl adjacent to an activating group) is 1. The number of carbonyl (C=O) groups is 1. The van der Waals surface area contributed by atoms with Gasteiger partial charge in [0.2, 0.25) is 0 Å². The van der Waals surface area contributed by atoms with E-state index in [1.807, 2.05) is 0 Å². The zero-order chi connectivity index (χ0) is 16.4. The first kappa shape index (κ1) is 17.3. The SMILES string of the molecule is CNC(C(=O)OC)c1cc(C(F)(F)F)cc(C(F)(F)F)c1.